The number of piperazine rings is 1. The summed E-state index contributed by atoms with van der Waals surface area (Å²) in [7, 11) is 2.14. The molecule has 2 fully saturated rings. The minimum absolute atomic E-state index is 0.0808. The highest BCUT2D eigenvalue weighted by atomic mass is 35.5. The molecule has 1 aromatic carbocycles. The molecular weight excluding hydrogens is 364 g/mol. The van der Waals surface area contributed by atoms with Crippen LogP contribution in [0.2, 0.25) is 5.02 Å². The number of nitrogens with zero attached hydrogens (tertiary/aromatic N) is 3. The van der Waals surface area contributed by atoms with Crippen LogP contribution < -0.4 is 10.1 Å². The minimum atomic E-state index is 0.0808. The van der Waals surface area contributed by atoms with Crippen molar-refractivity contribution in [2.45, 2.75) is 13.3 Å². The average molecular weight is 395 g/mol. The standard InChI is InChI=1S/C20H31ClN4O2/c1-16-13-18(21)3-4-19(16)27-12-11-24-7-9-25(10-8-24)20(26)22-14-17-5-6-23(2)15-17/h3-4,13,17H,5-12,14-15H2,1-2H3,(H,22,26)/t17-/m1/s1. The smallest absolute Gasteiger partial charge is 0.317 e. The van der Waals surface area contributed by atoms with E-state index in [0.29, 0.717) is 12.5 Å². The van der Waals surface area contributed by atoms with Crippen molar-refractivity contribution in [3.63, 3.8) is 0 Å². The van der Waals surface area contributed by atoms with E-state index in [1.54, 1.807) is 0 Å². The molecule has 0 unspecified atom stereocenters. The van der Waals surface area contributed by atoms with Gasteiger partial charge in [0.2, 0.25) is 0 Å². The Morgan fingerprint density at radius 1 is 1.26 bits per heavy atom. The lowest BCUT2D eigenvalue weighted by Crippen LogP contribution is -2.52. The maximum atomic E-state index is 12.4. The Bertz CT molecular complexity index is 634. The molecule has 0 aromatic heterocycles. The molecule has 3 rings (SSSR count). The summed E-state index contributed by atoms with van der Waals surface area (Å²) in [5.74, 6) is 1.48. The summed E-state index contributed by atoms with van der Waals surface area (Å²) in [5, 5.41) is 3.84. The van der Waals surface area contributed by atoms with Crippen LogP contribution in [-0.4, -0.2) is 86.7 Å². The SMILES string of the molecule is Cc1cc(Cl)ccc1OCCN1CCN(C(=O)NC[C@H]2CCN(C)C2)CC1. The Balaban J connectivity index is 1.32. The molecule has 2 aliphatic rings. The predicted octanol–water partition coefficient (Wildman–Crippen LogP) is 2.31. The molecule has 150 valence electrons. The van der Waals surface area contributed by atoms with E-state index in [9.17, 15) is 4.79 Å². The van der Waals surface area contributed by atoms with Gasteiger partial charge in [-0.1, -0.05) is 11.6 Å². The number of halogens is 1. The Hall–Kier alpha value is -1.50. The van der Waals surface area contributed by atoms with Crippen LogP contribution in [0.15, 0.2) is 18.2 Å². The zero-order valence-electron chi connectivity index (χ0n) is 16.4. The number of urea groups is 1. The van der Waals surface area contributed by atoms with Gasteiger partial charge in [-0.3, -0.25) is 4.90 Å². The van der Waals surface area contributed by atoms with Crippen LogP contribution in [0.1, 0.15) is 12.0 Å². The van der Waals surface area contributed by atoms with Crippen molar-refractivity contribution in [2.24, 2.45) is 5.92 Å². The van der Waals surface area contributed by atoms with E-state index in [1.807, 2.05) is 30.0 Å². The van der Waals surface area contributed by atoms with Gasteiger partial charge in [0.25, 0.3) is 0 Å². The average Bonchev–Trinajstić information content (AvgIpc) is 3.07. The van der Waals surface area contributed by atoms with Crippen molar-refractivity contribution in [1.82, 2.24) is 20.0 Å². The van der Waals surface area contributed by atoms with Gasteiger partial charge in [-0.05, 0) is 56.6 Å². The number of amides is 2. The molecule has 27 heavy (non-hydrogen) atoms. The lowest BCUT2D eigenvalue weighted by molar-refractivity contribution is 0.125. The largest absolute Gasteiger partial charge is 0.492 e. The first-order valence-corrected chi connectivity index (χ1v) is 10.2. The van der Waals surface area contributed by atoms with Crippen LogP contribution >= 0.6 is 11.6 Å². The van der Waals surface area contributed by atoms with Crippen molar-refractivity contribution in [2.75, 3.05) is 66.0 Å². The summed E-state index contributed by atoms with van der Waals surface area (Å²) in [4.78, 5) is 19.0. The van der Waals surface area contributed by atoms with E-state index in [2.05, 4.69) is 22.2 Å². The molecular formula is C20H31ClN4O2. The van der Waals surface area contributed by atoms with Crippen LogP contribution in [0, 0.1) is 12.8 Å². The third-order valence-electron chi connectivity index (χ3n) is 5.49. The van der Waals surface area contributed by atoms with Gasteiger partial charge >= 0.3 is 6.03 Å². The van der Waals surface area contributed by atoms with E-state index in [-0.39, 0.29) is 6.03 Å². The lowest BCUT2D eigenvalue weighted by Gasteiger charge is -2.34. The first-order valence-electron chi connectivity index (χ1n) is 9.84. The molecule has 0 spiro atoms. The van der Waals surface area contributed by atoms with E-state index >= 15 is 0 Å². The fraction of sp³-hybridized carbons (Fsp3) is 0.650. The third kappa shape index (κ3) is 5.99. The second kappa shape index (κ2) is 9.62. The molecule has 1 atom stereocenters. The summed E-state index contributed by atoms with van der Waals surface area (Å²) in [6.07, 6.45) is 1.18. The molecule has 2 aliphatic heterocycles. The second-order valence-electron chi connectivity index (χ2n) is 7.69. The number of likely N-dealkylation sites (tertiary alicyclic amines) is 1. The number of carbonyl (C=O) groups is 1. The number of hydrogen-bond donors (Lipinski definition) is 1. The molecule has 0 bridgehead atoms. The van der Waals surface area contributed by atoms with E-state index in [1.165, 1.54) is 6.42 Å². The quantitative estimate of drug-likeness (QED) is 0.804. The van der Waals surface area contributed by atoms with Crippen molar-refractivity contribution in [3.05, 3.63) is 28.8 Å². The summed E-state index contributed by atoms with van der Waals surface area (Å²) < 4.78 is 5.88. The van der Waals surface area contributed by atoms with E-state index in [0.717, 1.165) is 68.7 Å². The van der Waals surface area contributed by atoms with Crippen LogP contribution in [-0.2, 0) is 0 Å². The van der Waals surface area contributed by atoms with Gasteiger partial charge in [0.05, 0.1) is 0 Å². The molecule has 2 saturated heterocycles. The molecule has 0 radical (unpaired) electrons. The minimum Gasteiger partial charge on any atom is -0.492 e. The number of ether oxygens (including phenoxy) is 1. The number of carbonyl (C=O) groups excluding carboxylic acids is 1. The van der Waals surface area contributed by atoms with Crippen LogP contribution in [0.25, 0.3) is 0 Å². The zero-order chi connectivity index (χ0) is 19.2. The number of rotatable bonds is 6. The monoisotopic (exact) mass is 394 g/mol. The molecule has 2 heterocycles. The van der Waals surface area contributed by atoms with Crippen LogP contribution in [0.5, 0.6) is 5.75 Å². The molecule has 0 saturated carbocycles. The van der Waals surface area contributed by atoms with Crippen LogP contribution in [0.3, 0.4) is 0 Å². The second-order valence-corrected chi connectivity index (χ2v) is 8.13. The third-order valence-corrected chi connectivity index (χ3v) is 5.73. The number of aryl methyl sites for hydroxylation is 1. The van der Waals surface area contributed by atoms with E-state index in [4.69, 9.17) is 16.3 Å². The van der Waals surface area contributed by atoms with Gasteiger partial charge in [0.15, 0.2) is 0 Å². The summed E-state index contributed by atoms with van der Waals surface area (Å²) in [5.41, 5.74) is 1.05. The van der Waals surface area contributed by atoms with Gasteiger partial charge in [0.1, 0.15) is 12.4 Å². The maximum Gasteiger partial charge on any atom is 0.317 e. The van der Waals surface area contributed by atoms with Crippen molar-refractivity contribution in [1.29, 1.82) is 0 Å². The fourth-order valence-electron chi connectivity index (χ4n) is 3.77. The molecule has 0 aliphatic carbocycles. The topological polar surface area (TPSA) is 48.1 Å². The highest BCUT2D eigenvalue weighted by molar-refractivity contribution is 6.30. The molecule has 1 aromatic rings. The summed E-state index contributed by atoms with van der Waals surface area (Å²) in [6.45, 7) is 9.85. The highest BCUT2D eigenvalue weighted by Gasteiger charge is 2.23. The van der Waals surface area contributed by atoms with Gasteiger partial charge < -0.3 is 19.9 Å². The lowest BCUT2D eigenvalue weighted by atomic mass is 10.1. The molecule has 6 nitrogen and oxygen atoms in total. The Kier molecular flexibility index (Phi) is 7.21. The highest BCUT2D eigenvalue weighted by Crippen LogP contribution is 2.21. The van der Waals surface area contributed by atoms with Gasteiger partial charge in [-0.25, -0.2) is 4.79 Å². The Labute approximate surface area is 167 Å². The number of benzene rings is 1. The maximum absolute atomic E-state index is 12.4. The van der Waals surface area contributed by atoms with Crippen molar-refractivity contribution in [3.8, 4) is 5.75 Å². The molecule has 1 N–H and O–H groups in total. The van der Waals surface area contributed by atoms with Gasteiger partial charge in [-0.2, -0.15) is 0 Å². The fourth-order valence-corrected chi connectivity index (χ4v) is 4.00. The van der Waals surface area contributed by atoms with Crippen LogP contribution in [0.4, 0.5) is 4.79 Å². The Morgan fingerprint density at radius 2 is 2.04 bits per heavy atom. The van der Waals surface area contributed by atoms with Gasteiger partial charge in [0, 0.05) is 50.8 Å². The first-order chi connectivity index (χ1) is 13.0. The first kappa shape index (κ1) is 20.2. The predicted molar refractivity (Wildman–Crippen MR) is 109 cm³/mol. The number of nitrogens with one attached hydrogen (secondary N) is 1. The van der Waals surface area contributed by atoms with E-state index < -0.39 is 0 Å². The Morgan fingerprint density at radius 3 is 2.70 bits per heavy atom. The summed E-state index contributed by atoms with van der Waals surface area (Å²) in [6, 6.07) is 5.77. The molecule has 7 heteroatoms. The normalized spacial score (nSPS) is 21.4. The zero-order valence-corrected chi connectivity index (χ0v) is 17.2. The van der Waals surface area contributed by atoms with Crippen molar-refractivity contribution >= 4 is 17.6 Å². The summed E-state index contributed by atoms with van der Waals surface area (Å²) >= 11 is 5.97. The number of hydrogen-bond acceptors (Lipinski definition) is 4. The molecule has 2 amide bonds. The van der Waals surface area contributed by atoms with Gasteiger partial charge in [-0.15, -0.1) is 0 Å². The van der Waals surface area contributed by atoms with Crippen molar-refractivity contribution < 1.29 is 9.53 Å².